The zero-order valence-electron chi connectivity index (χ0n) is 22.5. The molecule has 0 aliphatic carbocycles. The van der Waals surface area contributed by atoms with Gasteiger partial charge < -0.3 is 30.4 Å². The monoisotopic (exact) mass is 502 g/mol. The van der Waals surface area contributed by atoms with Crippen molar-refractivity contribution in [2.24, 2.45) is 0 Å². The number of nitrogens with one attached hydrogen (secondary N) is 1. The topological polar surface area (TPSA) is 137 Å². The number of hydrogen-bond donors (Lipinski definition) is 3. The van der Waals surface area contributed by atoms with Crippen LogP contribution in [0.1, 0.15) is 89.8 Å². The van der Waals surface area contributed by atoms with Crippen LogP contribution in [0.25, 0.3) is 0 Å². The number of methoxy groups -OCH3 is 2. The Balaban J connectivity index is 0.000000360. The first-order valence-electron chi connectivity index (χ1n) is 11.6. The Morgan fingerprint density at radius 3 is 1.83 bits per heavy atom. The summed E-state index contributed by atoms with van der Waals surface area (Å²) < 4.78 is 15.1. The van der Waals surface area contributed by atoms with Crippen molar-refractivity contribution in [3.63, 3.8) is 0 Å². The average Bonchev–Trinajstić information content (AvgIpc) is 2.77. The number of aryl methyl sites for hydroxylation is 2. The van der Waals surface area contributed by atoms with Gasteiger partial charge in [0, 0.05) is 12.6 Å². The highest BCUT2D eigenvalue weighted by Gasteiger charge is 2.18. The zero-order valence-corrected chi connectivity index (χ0v) is 22.5. The van der Waals surface area contributed by atoms with Crippen molar-refractivity contribution in [3.8, 4) is 0 Å². The second kappa shape index (κ2) is 13.6. The number of ether oxygens (including phenoxy) is 3. The molecule has 2 unspecified atom stereocenters. The molecule has 0 aliphatic rings. The number of hydrogen-bond acceptors (Lipinski definition) is 8. The average molecular weight is 503 g/mol. The van der Waals surface area contributed by atoms with Gasteiger partial charge in [-0.25, -0.2) is 9.59 Å². The summed E-state index contributed by atoms with van der Waals surface area (Å²) in [7, 11) is 2.61. The van der Waals surface area contributed by atoms with Crippen molar-refractivity contribution in [2.45, 2.75) is 66.8 Å². The van der Waals surface area contributed by atoms with E-state index < -0.39 is 18.0 Å². The minimum Gasteiger partial charge on any atom is -0.465 e. The number of nitrogens with two attached hydrogens (primary N) is 1. The summed E-state index contributed by atoms with van der Waals surface area (Å²) in [6, 6.07) is 6.72. The Morgan fingerprint density at radius 2 is 1.36 bits per heavy atom. The van der Waals surface area contributed by atoms with E-state index in [1.54, 1.807) is 32.0 Å². The van der Waals surface area contributed by atoms with Crippen molar-refractivity contribution < 1.29 is 33.7 Å². The van der Waals surface area contributed by atoms with Crippen LogP contribution in [-0.2, 0) is 19.0 Å². The smallest absolute Gasteiger partial charge is 0.339 e. The minimum atomic E-state index is -0.695. The number of benzene rings is 2. The number of aliphatic hydroxyl groups is 1. The molecule has 9 nitrogen and oxygen atoms in total. The van der Waals surface area contributed by atoms with Crippen molar-refractivity contribution in [1.82, 2.24) is 0 Å². The summed E-state index contributed by atoms with van der Waals surface area (Å²) in [6.45, 7) is 12.6. The van der Waals surface area contributed by atoms with Gasteiger partial charge in [0.15, 0.2) is 0 Å². The van der Waals surface area contributed by atoms with E-state index in [2.05, 4.69) is 10.1 Å². The van der Waals surface area contributed by atoms with Crippen LogP contribution in [0.5, 0.6) is 0 Å². The lowest BCUT2D eigenvalue weighted by Gasteiger charge is -2.19. The molecule has 0 aromatic heterocycles. The molecule has 0 saturated heterocycles. The molecule has 1 amide bonds. The van der Waals surface area contributed by atoms with Gasteiger partial charge >= 0.3 is 11.9 Å². The Labute approximate surface area is 212 Å². The van der Waals surface area contributed by atoms with E-state index in [-0.39, 0.29) is 23.7 Å². The first kappa shape index (κ1) is 30.6. The molecule has 9 heteroatoms. The third-order valence-corrected chi connectivity index (χ3v) is 5.33. The molecule has 36 heavy (non-hydrogen) atoms. The minimum absolute atomic E-state index is 0.0889. The van der Waals surface area contributed by atoms with Crippen LogP contribution in [0.15, 0.2) is 24.3 Å². The van der Waals surface area contributed by atoms with Gasteiger partial charge in [-0.1, -0.05) is 0 Å². The number of esters is 2. The summed E-state index contributed by atoms with van der Waals surface area (Å²) in [4.78, 5) is 34.3. The Morgan fingerprint density at radius 1 is 0.861 bits per heavy atom. The van der Waals surface area contributed by atoms with Gasteiger partial charge in [-0.15, -0.1) is 0 Å². The molecule has 2 aromatic rings. The second-order valence-corrected chi connectivity index (χ2v) is 8.72. The van der Waals surface area contributed by atoms with Gasteiger partial charge in [-0.05, 0) is 88.1 Å². The molecule has 0 fully saturated rings. The summed E-state index contributed by atoms with van der Waals surface area (Å²) in [5, 5.41) is 12.2. The third kappa shape index (κ3) is 8.35. The van der Waals surface area contributed by atoms with Crippen molar-refractivity contribution in [1.29, 1.82) is 0 Å². The van der Waals surface area contributed by atoms with E-state index in [1.165, 1.54) is 27.2 Å². The fourth-order valence-electron chi connectivity index (χ4n) is 3.70. The number of nitrogen functional groups attached to an aromatic ring is 1. The number of rotatable bonds is 7. The lowest BCUT2D eigenvalue weighted by molar-refractivity contribution is -0.114. The Kier molecular flexibility index (Phi) is 11.6. The normalized spacial score (nSPS) is 12.2. The van der Waals surface area contributed by atoms with Crippen molar-refractivity contribution in [2.75, 3.05) is 25.3 Å². The van der Waals surface area contributed by atoms with Crippen LogP contribution in [-0.4, -0.2) is 43.3 Å². The van der Waals surface area contributed by atoms with E-state index in [1.807, 2.05) is 27.7 Å². The van der Waals surface area contributed by atoms with Gasteiger partial charge in [-0.2, -0.15) is 0 Å². The molecule has 0 radical (unpaired) electrons. The highest BCUT2D eigenvalue weighted by molar-refractivity contribution is 6.01. The van der Waals surface area contributed by atoms with Crippen LogP contribution in [0, 0.1) is 13.8 Å². The molecule has 0 saturated carbocycles. The molecule has 0 spiro atoms. The highest BCUT2D eigenvalue weighted by Crippen LogP contribution is 2.28. The number of anilines is 2. The first-order chi connectivity index (χ1) is 16.7. The van der Waals surface area contributed by atoms with E-state index in [0.29, 0.717) is 22.5 Å². The quantitative estimate of drug-likeness (QED) is 0.368. The standard InChI is InChI=1S/C14H21NO3.C13H17NO4/c1-8(2)18-10(4)11-7-12(14(16)17-5)13(15)6-9(11)3;1-7-5-12(14-9(3)16)11(13(17)18-4)6-10(7)8(2)15/h6-8,10H,15H2,1-5H3;5-6,8,15H,1-4H3,(H,14,16). The van der Waals surface area contributed by atoms with Gasteiger partial charge in [-0.3, -0.25) is 4.79 Å². The molecule has 0 heterocycles. The van der Waals surface area contributed by atoms with Crippen LogP contribution < -0.4 is 11.1 Å². The highest BCUT2D eigenvalue weighted by atomic mass is 16.5. The lowest BCUT2D eigenvalue weighted by Crippen LogP contribution is -2.13. The van der Waals surface area contributed by atoms with E-state index in [0.717, 1.165) is 16.7 Å². The summed E-state index contributed by atoms with van der Waals surface area (Å²) in [5.74, 6) is -1.25. The maximum Gasteiger partial charge on any atom is 0.339 e. The van der Waals surface area contributed by atoms with E-state index in [9.17, 15) is 19.5 Å². The zero-order chi connectivity index (χ0) is 27.7. The predicted octanol–water partition coefficient (Wildman–Crippen LogP) is 4.64. The third-order valence-electron chi connectivity index (χ3n) is 5.33. The molecule has 0 bridgehead atoms. The van der Waals surface area contributed by atoms with Crippen LogP contribution in [0.3, 0.4) is 0 Å². The number of amides is 1. The molecular weight excluding hydrogens is 464 g/mol. The van der Waals surface area contributed by atoms with Crippen LogP contribution >= 0.6 is 0 Å². The lowest BCUT2D eigenvalue weighted by atomic mass is 9.99. The SMILES string of the molecule is COC(=O)c1cc(C(C)O)c(C)cc1NC(C)=O.COC(=O)c1cc(C(C)OC(C)C)c(C)cc1N. The van der Waals surface area contributed by atoms with Crippen molar-refractivity contribution >= 4 is 29.2 Å². The second-order valence-electron chi connectivity index (χ2n) is 8.72. The van der Waals surface area contributed by atoms with E-state index >= 15 is 0 Å². The number of carbonyl (C=O) groups is 3. The van der Waals surface area contributed by atoms with Gasteiger partial charge in [0.1, 0.15) is 0 Å². The molecule has 4 N–H and O–H groups in total. The fourth-order valence-corrected chi connectivity index (χ4v) is 3.70. The Hall–Kier alpha value is -3.43. The molecule has 2 rings (SSSR count). The van der Waals surface area contributed by atoms with Crippen LogP contribution in [0.4, 0.5) is 11.4 Å². The molecule has 2 aromatic carbocycles. The molecule has 0 aliphatic heterocycles. The summed E-state index contributed by atoms with van der Waals surface area (Å²) in [6.07, 6.45) is -0.660. The summed E-state index contributed by atoms with van der Waals surface area (Å²) >= 11 is 0. The van der Waals surface area contributed by atoms with Crippen LogP contribution in [0.2, 0.25) is 0 Å². The first-order valence-corrected chi connectivity index (χ1v) is 11.6. The molecular formula is C27H38N2O7. The Bertz CT molecular complexity index is 1090. The number of carbonyl (C=O) groups excluding carboxylic acids is 3. The molecule has 2 atom stereocenters. The van der Waals surface area contributed by atoms with Crippen molar-refractivity contribution in [3.05, 3.63) is 57.6 Å². The fraction of sp³-hybridized carbons (Fsp3) is 0.444. The van der Waals surface area contributed by atoms with Gasteiger partial charge in [0.2, 0.25) is 5.91 Å². The summed E-state index contributed by atoms with van der Waals surface area (Å²) in [5.41, 5.74) is 10.6. The largest absolute Gasteiger partial charge is 0.465 e. The maximum atomic E-state index is 11.6. The van der Waals surface area contributed by atoms with E-state index in [4.69, 9.17) is 15.2 Å². The van der Waals surface area contributed by atoms with Gasteiger partial charge in [0.25, 0.3) is 0 Å². The molecule has 198 valence electrons. The van der Waals surface area contributed by atoms with Gasteiger partial charge in [0.05, 0.1) is 49.3 Å². The maximum absolute atomic E-state index is 11.6. The predicted molar refractivity (Wildman–Crippen MR) is 139 cm³/mol. The number of aliphatic hydroxyl groups excluding tert-OH is 1.